The normalized spacial score (nSPS) is 34.9. The Morgan fingerprint density at radius 3 is 2.22 bits per heavy atom. The summed E-state index contributed by atoms with van der Waals surface area (Å²) in [6, 6.07) is 5.35. The lowest BCUT2D eigenvalue weighted by molar-refractivity contribution is -0.235. The van der Waals surface area contributed by atoms with Gasteiger partial charge in [-0.2, -0.15) is 0 Å². The van der Waals surface area contributed by atoms with Crippen molar-refractivity contribution in [2.75, 3.05) is 27.7 Å². The van der Waals surface area contributed by atoms with E-state index in [0.717, 1.165) is 56.1 Å². The second-order valence-corrected chi connectivity index (χ2v) is 22.2. The van der Waals surface area contributed by atoms with Crippen molar-refractivity contribution in [2.45, 2.75) is 145 Å². The predicted molar refractivity (Wildman–Crippen MR) is 227 cm³/mol. The van der Waals surface area contributed by atoms with Gasteiger partial charge in [0.15, 0.2) is 5.78 Å². The van der Waals surface area contributed by atoms with Crippen LogP contribution < -0.4 is 0 Å². The van der Waals surface area contributed by atoms with Crippen molar-refractivity contribution in [3.05, 3.63) is 45.5 Å². The van der Waals surface area contributed by atoms with Crippen molar-refractivity contribution >= 4 is 35.2 Å². The Kier molecular flexibility index (Phi) is 11.8. The van der Waals surface area contributed by atoms with Crippen LogP contribution in [0.5, 0.6) is 0 Å². The molecule has 1 aromatic rings. The van der Waals surface area contributed by atoms with Gasteiger partial charge in [-0.05, 0) is 149 Å². The number of fused-ring (bicyclic) bond motifs is 7. The number of aliphatic carboxylic acids is 1. The quantitative estimate of drug-likeness (QED) is 0.212. The molecule has 4 saturated carbocycles. The summed E-state index contributed by atoms with van der Waals surface area (Å²) >= 11 is 6.35. The Morgan fingerprint density at radius 2 is 1.60 bits per heavy atom. The van der Waals surface area contributed by atoms with E-state index in [0.29, 0.717) is 35.4 Å². The van der Waals surface area contributed by atoms with Crippen molar-refractivity contribution < 1.29 is 34.1 Å². The van der Waals surface area contributed by atoms with Gasteiger partial charge < -0.3 is 24.7 Å². The van der Waals surface area contributed by atoms with Crippen LogP contribution in [0.3, 0.4) is 0 Å². The standard InChI is InChI=1S/C48H71ClN2O7/c1-28(2)39-33(52)24-48(36(53)27-51(12)41(55)31-14-13-30(49)23-29(31)26-50(10)11)22-21-46(8)32(40(39)48)15-16-35-45(7)19-18-37(58-38(54)25-43(3,4)42(56)57)44(5,6)34(45)17-20-47(35,46)9/h13-14,23,28,32,34-37,53H,15-22,24-27H2,1-12H3,(H,56,57)/t32-,34+,35-,36+,37+,45+,46-,47-,48+/m1/s1. The molecule has 0 saturated heterocycles. The molecule has 9 atom stereocenters. The van der Waals surface area contributed by atoms with Gasteiger partial charge in [-0.15, -0.1) is 0 Å². The summed E-state index contributed by atoms with van der Waals surface area (Å²) in [7, 11) is 5.66. The van der Waals surface area contributed by atoms with Crippen molar-refractivity contribution in [1.82, 2.24) is 9.80 Å². The number of hydrogen-bond donors (Lipinski definition) is 2. The highest BCUT2D eigenvalue weighted by atomic mass is 35.5. The van der Waals surface area contributed by atoms with E-state index >= 15 is 0 Å². The van der Waals surface area contributed by atoms with Gasteiger partial charge >= 0.3 is 11.9 Å². The number of carboxylic acid groups (broad SMARTS) is 1. The Morgan fingerprint density at radius 1 is 0.931 bits per heavy atom. The Balaban J connectivity index is 1.28. The molecule has 0 heterocycles. The van der Waals surface area contributed by atoms with Crippen LogP contribution in [0, 0.1) is 56.2 Å². The maximum atomic E-state index is 14.2. The Hall–Kier alpha value is -2.75. The van der Waals surface area contributed by atoms with E-state index in [1.165, 1.54) is 5.57 Å². The van der Waals surface area contributed by atoms with Crippen LogP contribution in [-0.2, 0) is 25.7 Å². The van der Waals surface area contributed by atoms with Gasteiger partial charge in [0.05, 0.1) is 17.9 Å². The molecule has 1 aromatic carbocycles. The molecule has 58 heavy (non-hydrogen) atoms. The van der Waals surface area contributed by atoms with Crippen molar-refractivity contribution in [2.24, 2.45) is 56.2 Å². The van der Waals surface area contributed by atoms with Gasteiger partial charge in [-0.3, -0.25) is 19.2 Å². The lowest BCUT2D eigenvalue weighted by Gasteiger charge is -2.72. The first kappa shape index (κ1) is 44.8. The van der Waals surface area contributed by atoms with Crippen LogP contribution in [-0.4, -0.2) is 83.5 Å². The van der Waals surface area contributed by atoms with Gasteiger partial charge in [-0.25, -0.2) is 0 Å². The van der Waals surface area contributed by atoms with E-state index in [-0.39, 0.29) is 70.7 Å². The molecule has 9 nitrogen and oxygen atoms in total. The first-order valence-corrected chi connectivity index (χ1v) is 22.2. The molecule has 0 aliphatic heterocycles. The molecule has 4 fully saturated rings. The summed E-state index contributed by atoms with van der Waals surface area (Å²) in [6.45, 7) is 20.1. The molecule has 0 spiro atoms. The molecule has 322 valence electrons. The number of benzene rings is 1. The number of rotatable bonds is 11. The number of ketones is 1. The van der Waals surface area contributed by atoms with Crippen molar-refractivity contribution in [3.8, 4) is 0 Å². The zero-order valence-corrected chi connectivity index (χ0v) is 38.1. The van der Waals surface area contributed by atoms with Crippen LogP contribution in [0.4, 0.5) is 0 Å². The molecule has 5 aliphatic carbocycles. The van der Waals surface area contributed by atoms with E-state index < -0.39 is 28.9 Å². The Bertz CT molecular complexity index is 1870. The number of aliphatic hydroxyl groups excluding tert-OH is 1. The number of Topliss-reactive ketones (excluding diaryl/α,β-unsaturated/α-hetero) is 1. The highest BCUT2D eigenvalue weighted by Crippen LogP contribution is 2.77. The molecular weight excluding hydrogens is 752 g/mol. The molecule has 0 bridgehead atoms. The minimum atomic E-state index is -1.19. The average molecular weight is 824 g/mol. The predicted octanol–water partition coefficient (Wildman–Crippen LogP) is 9.23. The molecule has 10 heteroatoms. The smallest absolute Gasteiger partial charge is 0.309 e. The van der Waals surface area contributed by atoms with E-state index in [4.69, 9.17) is 16.3 Å². The van der Waals surface area contributed by atoms with Crippen molar-refractivity contribution in [1.29, 1.82) is 0 Å². The van der Waals surface area contributed by atoms with Crippen LogP contribution in [0.1, 0.15) is 142 Å². The second-order valence-electron chi connectivity index (χ2n) is 21.8. The molecule has 2 N–H and O–H groups in total. The summed E-state index contributed by atoms with van der Waals surface area (Å²) in [5.41, 5.74) is 1.19. The van der Waals surface area contributed by atoms with E-state index in [9.17, 15) is 29.4 Å². The molecule has 0 unspecified atom stereocenters. The largest absolute Gasteiger partial charge is 0.481 e. The fourth-order valence-electron chi connectivity index (χ4n) is 13.9. The number of likely N-dealkylation sites (N-methyl/N-ethyl adjacent to an activating group) is 1. The average Bonchev–Trinajstić information content (AvgIpc) is 3.42. The Labute approximate surface area is 352 Å². The number of ether oxygens (including phenoxy) is 1. The first-order chi connectivity index (χ1) is 26.8. The van der Waals surface area contributed by atoms with Crippen LogP contribution in [0.15, 0.2) is 29.3 Å². The molecular formula is C48H71ClN2O7. The second kappa shape index (κ2) is 15.3. The summed E-state index contributed by atoms with van der Waals surface area (Å²) in [5.74, 6) is -0.533. The molecule has 6 rings (SSSR count). The molecule has 5 aliphatic rings. The van der Waals surface area contributed by atoms with Crippen LogP contribution in [0.2, 0.25) is 5.02 Å². The zero-order chi connectivity index (χ0) is 43.1. The van der Waals surface area contributed by atoms with E-state index in [1.807, 2.05) is 25.1 Å². The molecule has 1 amide bonds. The number of aliphatic hydroxyl groups is 1. The topological polar surface area (TPSA) is 124 Å². The maximum Gasteiger partial charge on any atom is 0.309 e. The third kappa shape index (κ3) is 7.08. The van der Waals surface area contributed by atoms with Gasteiger partial charge in [0.25, 0.3) is 5.91 Å². The number of hydrogen-bond acceptors (Lipinski definition) is 7. The molecule has 0 radical (unpaired) electrons. The summed E-state index contributed by atoms with van der Waals surface area (Å²) in [5, 5.41) is 22.7. The number of halogens is 1. The van der Waals surface area contributed by atoms with Gasteiger partial charge in [0.1, 0.15) is 6.10 Å². The summed E-state index contributed by atoms with van der Waals surface area (Å²) in [4.78, 5) is 56.9. The lowest BCUT2D eigenvalue weighted by Crippen LogP contribution is -2.66. The number of carboxylic acids is 1. The summed E-state index contributed by atoms with van der Waals surface area (Å²) < 4.78 is 6.18. The number of esters is 1. The van der Waals surface area contributed by atoms with Crippen LogP contribution >= 0.6 is 11.6 Å². The maximum absolute atomic E-state index is 14.2. The third-order valence-corrected chi connectivity index (χ3v) is 17.3. The fourth-order valence-corrected chi connectivity index (χ4v) is 14.1. The third-order valence-electron chi connectivity index (χ3n) is 17.1. The summed E-state index contributed by atoms with van der Waals surface area (Å²) in [6.07, 6.45) is 6.25. The lowest BCUT2D eigenvalue weighted by atomic mass is 9.33. The highest BCUT2D eigenvalue weighted by Gasteiger charge is 2.71. The monoisotopic (exact) mass is 822 g/mol. The number of allylic oxidation sites excluding steroid dienone is 1. The van der Waals surface area contributed by atoms with Gasteiger partial charge in [0.2, 0.25) is 0 Å². The minimum Gasteiger partial charge on any atom is -0.481 e. The van der Waals surface area contributed by atoms with Gasteiger partial charge in [0, 0.05) is 48.0 Å². The van der Waals surface area contributed by atoms with E-state index in [1.54, 1.807) is 37.9 Å². The number of amides is 1. The fraction of sp³-hybridized carbons (Fsp3) is 0.750. The first-order valence-electron chi connectivity index (χ1n) is 21.8. The van der Waals surface area contributed by atoms with Gasteiger partial charge in [-0.1, -0.05) is 65.6 Å². The SMILES string of the molecule is CC(C)C1=C2[C@H]3CC[C@@H]4[C@@]5(C)CC[C@H](OC(=O)CC(C)(C)C(=O)O)C(C)(C)[C@@H]5CC[C@@]4(C)[C@]3(C)CC[C@@]2([C@@H](O)CN(C)C(=O)c2ccc(Cl)cc2CN(C)C)CC1=O. The van der Waals surface area contributed by atoms with E-state index in [2.05, 4.69) is 48.5 Å². The highest BCUT2D eigenvalue weighted by molar-refractivity contribution is 6.30. The minimum absolute atomic E-state index is 0.0126. The van der Waals surface area contributed by atoms with Crippen molar-refractivity contribution in [3.63, 3.8) is 0 Å². The zero-order valence-electron chi connectivity index (χ0n) is 37.4. The number of carbonyl (C=O) groups is 4. The molecule has 0 aromatic heterocycles. The number of carbonyl (C=O) groups excluding carboxylic acids is 3. The van der Waals surface area contributed by atoms with Crippen LogP contribution in [0.25, 0.3) is 0 Å². The number of nitrogens with zero attached hydrogens (tertiary/aromatic N) is 2.